The predicted octanol–water partition coefficient (Wildman–Crippen LogP) is 2.40. The minimum absolute atomic E-state index is 0.0358. The van der Waals surface area contributed by atoms with Gasteiger partial charge in [-0.2, -0.15) is 13.2 Å². The van der Waals surface area contributed by atoms with Crippen molar-refractivity contribution < 1.29 is 22.4 Å². The molecule has 0 radical (unpaired) electrons. The molecular formula is C18H21F3N4O2. The molecule has 1 amide bonds. The van der Waals surface area contributed by atoms with Gasteiger partial charge in [-0.1, -0.05) is 0 Å². The highest BCUT2D eigenvalue weighted by Gasteiger charge is 2.40. The van der Waals surface area contributed by atoms with Gasteiger partial charge in [0, 0.05) is 57.0 Å². The number of hydrogen-bond acceptors (Lipinski definition) is 4. The summed E-state index contributed by atoms with van der Waals surface area (Å²) in [5.74, 6) is -0.203. The molecule has 1 saturated heterocycles. The highest BCUT2D eigenvalue weighted by atomic mass is 19.4. The second kappa shape index (κ2) is 7.03. The third-order valence-electron chi connectivity index (χ3n) is 5.34. The van der Waals surface area contributed by atoms with Gasteiger partial charge in [0.25, 0.3) is 0 Å². The van der Waals surface area contributed by atoms with Crippen molar-refractivity contribution >= 4 is 5.91 Å². The number of imidazole rings is 1. The van der Waals surface area contributed by atoms with Crippen LogP contribution in [0.15, 0.2) is 29.0 Å². The highest BCUT2D eigenvalue weighted by Crippen LogP contribution is 2.32. The second-order valence-electron chi connectivity index (χ2n) is 7.09. The van der Waals surface area contributed by atoms with Gasteiger partial charge < -0.3 is 13.9 Å². The number of fused-ring (bicyclic) bond motifs is 1. The number of amides is 1. The molecule has 2 aromatic rings. The maximum absolute atomic E-state index is 13.0. The Hall–Kier alpha value is -2.29. The van der Waals surface area contributed by atoms with Crippen LogP contribution in [0, 0.1) is 5.92 Å². The van der Waals surface area contributed by atoms with E-state index in [0.29, 0.717) is 31.6 Å². The fraction of sp³-hybridized carbons (Fsp3) is 0.556. The lowest BCUT2D eigenvalue weighted by Crippen LogP contribution is -2.50. The molecule has 2 aliphatic heterocycles. The summed E-state index contributed by atoms with van der Waals surface area (Å²) in [6.07, 6.45) is -0.831. The monoisotopic (exact) mass is 382 g/mol. The first-order chi connectivity index (χ1) is 12.9. The summed E-state index contributed by atoms with van der Waals surface area (Å²) in [5.41, 5.74) is 0.489. The third-order valence-corrected chi connectivity index (χ3v) is 5.34. The summed E-state index contributed by atoms with van der Waals surface area (Å²) in [6, 6.07) is 3.78. The topological polar surface area (TPSA) is 54.5 Å². The lowest BCUT2D eigenvalue weighted by atomic mass is 9.94. The summed E-state index contributed by atoms with van der Waals surface area (Å²) < 4.78 is 45.4. The van der Waals surface area contributed by atoms with Gasteiger partial charge in [0.05, 0.1) is 12.8 Å². The molecule has 6 nitrogen and oxygen atoms in total. The van der Waals surface area contributed by atoms with Crippen LogP contribution in [0.3, 0.4) is 0 Å². The van der Waals surface area contributed by atoms with E-state index in [4.69, 9.17) is 4.42 Å². The van der Waals surface area contributed by atoms with Gasteiger partial charge in [-0.05, 0) is 18.6 Å². The van der Waals surface area contributed by atoms with Crippen molar-refractivity contribution in [2.24, 2.45) is 5.92 Å². The smallest absolute Gasteiger partial charge is 0.449 e. The number of rotatable bonds is 3. The molecule has 4 heterocycles. The summed E-state index contributed by atoms with van der Waals surface area (Å²) in [5, 5.41) is 0. The molecule has 1 atom stereocenters. The van der Waals surface area contributed by atoms with Gasteiger partial charge >= 0.3 is 6.18 Å². The maximum atomic E-state index is 13.0. The molecule has 0 N–H and O–H groups in total. The first-order valence-electron chi connectivity index (χ1n) is 9.07. The van der Waals surface area contributed by atoms with Crippen LogP contribution in [0.2, 0.25) is 0 Å². The number of aromatic nitrogens is 2. The van der Waals surface area contributed by atoms with Gasteiger partial charge in [-0.15, -0.1) is 0 Å². The van der Waals surface area contributed by atoms with Gasteiger partial charge in [0.15, 0.2) is 0 Å². The summed E-state index contributed by atoms with van der Waals surface area (Å²) in [4.78, 5) is 20.4. The number of alkyl halides is 3. The Kier molecular flexibility index (Phi) is 4.71. The SMILES string of the molecule is O=C(C1CCn2c(cnc2C(F)(F)F)C1)N1CCN(Cc2ccco2)CC1. The van der Waals surface area contributed by atoms with E-state index in [1.165, 1.54) is 10.8 Å². The van der Waals surface area contributed by atoms with E-state index in [2.05, 4.69) is 9.88 Å². The lowest BCUT2D eigenvalue weighted by molar-refractivity contribution is -0.147. The molecule has 0 aliphatic carbocycles. The third kappa shape index (κ3) is 3.73. The first kappa shape index (κ1) is 18.1. The Morgan fingerprint density at radius 3 is 2.67 bits per heavy atom. The van der Waals surface area contributed by atoms with Crippen LogP contribution < -0.4 is 0 Å². The zero-order valence-electron chi connectivity index (χ0n) is 14.8. The minimum atomic E-state index is -4.46. The van der Waals surface area contributed by atoms with Gasteiger partial charge in [-0.3, -0.25) is 9.69 Å². The molecule has 9 heteroatoms. The highest BCUT2D eigenvalue weighted by molar-refractivity contribution is 5.79. The van der Waals surface area contributed by atoms with Crippen molar-refractivity contribution in [2.75, 3.05) is 26.2 Å². The van der Waals surface area contributed by atoms with E-state index >= 15 is 0 Å². The van der Waals surface area contributed by atoms with Gasteiger partial charge in [0.2, 0.25) is 11.7 Å². The summed E-state index contributed by atoms with van der Waals surface area (Å²) in [7, 11) is 0. The zero-order chi connectivity index (χ0) is 19.0. The predicted molar refractivity (Wildman–Crippen MR) is 89.6 cm³/mol. The van der Waals surface area contributed by atoms with Gasteiger partial charge in [-0.25, -0.2) is 4.98 Å². The first-order valence-corrected chi connectivity index (χ1v) is 9.07. The molecule has 146 valence electrons. The number of furan rings is 1. The average Bonchev–Trinajstić information content (AvgIpc) is 3.30. The maximum Gasteiger partial charge on any atom is 0.449 e. The molecule has 2 aromatic heterocycles. The van der Waals surface area contributed by atoms with Crippen molar-refractivity contribution in [2.45, 2.75) is 32.1 Å². The van der Waals surface area contributed by atoms with Crippen molar-refractivity contribution in [3.8, 4) is 0 Å². The van der Waals surface area contributed by atoms with Crippen molar-refractivity contribution in [1.82, 2.24) is 19.4 Å². The van der Waals surface area contributed by atoms with Crippen LogP contribution in [0.1, 0.15) is 23.7 Å². The minimum Gasteiger partial charge on any atom is -0.468 e. The van der Waals surface area contributed by atoms with Crippen LogP contribution >= 0.6 is 0 Å². The zero-order valence-corrected chi connectivity index (χ0v) is 14.8. The lowest BCUT2D eigenvalue weighted by Gasteiger charge is -2.37. The Balaban J connectivity index is 1.34. The number of nitrogens with zero attached hydrogens (tertiary/aromatic N) is 4. The number of halogens is 3. The molecule has 27 heavy (non-hydrogen) atoms. The molecule has 0 aromatic carbocycles. The molecular weight excluding hydrogens is 361 g/mol. The van der Waals surface area contributed by atoms with Crippen LogP contribution in [0.5, 0.6) is 0 Å². The van der Waals surface area contributed by atoms with Crippen molar-refractivity contribution in [3.63, 3.8) is 0 Å². The quantitative estimate of drug-likeness (QED) is 0.818. The second-order valence-corrected chi connectivity index (χ2v) is 7.09. The Morgan fingerprint density at radius 1 is 1.22 bits per heavy atom. The van der Waals surface area contributed by atoms with Crippen LogP contribution in [0.25, 0.3) is 0 Å². The Morgan fingerprint density at radius 2 is 2.00 bits per heavy atom. The van der Waals surface area contributed by atoms with E-state index in [9.17, 15) is 18.0 Å². The van der Waals surface area contributed by atoms with Crippen LogP contribution in [0.4, 0.5) is 13.2 Å². The molecule has 2 aliphatic rings. The number of carbonyl (C=O) groups excluding carboxylic acids is 1. The van der Waals surface area contributed by atoms with E-state index in [-0.39, 0.29) is 18.4 Å². The fourth-order valence-electron chi connectivity index (χ4n) is 3.91. The van der Waals surface area contributed by atoms with Crippen molar-refractivity contribution in [3.05, 3.63) is 41.9 Å². The van der Waals surface area contributed by atoms with Crippen LogP contribution in [-0.4, -0.2) is 51.4 Å². The van der Waals surface area contributed by atoms with E-state index in [1.807, 2.05) is 17.0 Å². The molecule has 1 fully saturated rings. The van der Waals surface area contributed by atoms with Crippen LogP contribution in [-0.2, 0) is 30.5 Å². The molecule has 0 saturated carbocycles. The molecule has 1 unspecified atom stereocenters. The standard InChI is InChI=1S/C18H21F3N4O2/c19-18(20,21)17-22-11-14-10-13(3-4-25(14)17)16(26)24-7-5-23(6-8-24)12-15-2-1-9-27-15/h1-2,9,11,13H,3-8,10,12H2. The normalized spacial score (nSPS) is 21.3. The number of hydrogen-bond donors (Lipinski definition) is 0. The molecule has 0 spiro atoms. The van der Waals surface area contributed by atoms with E-state index < -0.39 is 12.0 Å². The largest absolute Gasteiger partial charge is 0.468 e. The Bertz CT molecular complexity index is 792. The number of piperazine rings is 1. The summed E-state index contributed by atoms with van der Waals surface area (Å²) in [6.45, 7) is 3.67. The van der Waals surface area contributed by atoms with E-state index in [0.717, 1.165) is 25.4 Å². The molecule has 0 bridgehead atoms. The summed E-state index contributed by atoms with van der Waals surface area (Å²) >= 11 is 0. The van der Waals surface area contributed by atoms with Crippen molar-refractivity contribution in [1.29, 1.82) is 0 Å². The average molecular weight is 382 g/mol. The Labute approximate surface area is 154 Å². The fourth-order valence-corrected chi connectivity index (χ4v) is 3.91. The molecule has 4 rings (SSSR count). The van der Waals surface area contributed by atoms with Gasteiger partial charge in [0.1, 0.15) is 5.76 Å². The van der Waals surface area contributed by atoms with E-state index in [1.54, 1.807) is 6.26 Å². The number of carbonyl (C=O) groups is 1.